The highest BCUT2D eigenvalue weighted by Crippen LogP contribution is 2.15. The third kappa shape index (κ3) is 1.62. The average Bonchev–Trinajstić information content (AvgIpc) is 1.96. The van der Waals surface area contributed by atoms with Crippen LogP contribution >= 0.6 is 0 Å². The number of aliphatic hydroxyl groups is 3. The van der Waals surface area contributed by atoms with Crippen LogP contribution in [0, 0.1) is 0 Å². The van der Waals surface area contributed by atoms with Gasteiger partial charge in [0.25, 0.3) is 0 Å². The van der Waals surface area contributed by atoms with Crippen LogP contribution in [0.25, 0.3) is 0 Å². The van der Waals surface area contributed by atoms with E-state index in [1.807, 2.05) is 0 Å². The van der Waals surface area contributed by atoms with Crippen molar-refractivity contribution in [3.8, 4) is 0 Å². The van der Waals surface area contributed by atoms with Crippen molar-refractivity contribution in [2.45, 2.75) is 18.3 Å². The summed E-state index contributed by atoms with van der Waals surface area (Å²) in [5.74, 6) is -0.721. The molecule has 3 N–H and O–H groups in total. The van der Waals surface area contributed by atoms with E-state index < -0.39 is 30.9 Å². The van der Waals surface area contributed by atoms with Gasteiger partial charge in [0.1, 0.15) is 12.2 Å². The molecule has 0 aromatic rings. The summed E-state index contributed by atoms with van der Waals surface area (Å²) in [5, 5.41) is 37.0. The maximum Gasteiger partial charge on any atom is 0.329 e. The van der Waals surface area contributed by atoms with E-state index in [4.69, 9.17) is 15.3 Å². The maximum atomic E-state index is 10.5. The second-order valence-electron chi connectivity index (χ2n) is 2.31. The fourth-order valence-corrected chi connectivity index (χ4v) is 0.861. The summed E-state index contributed by atoms with van der Waals surface area (Å²) in [6.45, 7) is -0.488. The molecule has 0 amide bonds. The smallest absolute Gasteiger partial charge is 0.329 e. The summed E-state index contributed by atoms with van der Waals surface area (Å²) in [6.07, 6.45) is -2.62. The number of hydrogen-bond acceptors (Lipinski definition) is 4. The lowest BCUT2D eigenvalue weighted by Gasteiger charge is -2.27. The standard InChI is InChI=1S/C6H9O5/c7-2-4-6(10)3(8)1-5(9)11-4/h1,3-4,6-8,10H,2H2/t3-,4-,6+/m1/s1. The Kier molecular flexibility index (Phi) is 2.33. The topological polar surface area (TPSA) is 89.8 Å². The zero-order chi connectivity index (χ0) is 8.43. The zero-order valence-corrected chi connectivity index (χ0v) is 5.67. The molecule has 5 nitrogen and oxygen atoms in total. The number of hydrogen-bond donors (Lipinski definition) is 3. The van der Waals surface area contributed by atoms with Gasteiger partial charge in [0.05, 0.1) is 6.61 Å². The van der Waals surface area contributed by atoms with E-state index >= 15 is 0 Å². The van der Waals surface area contributed by atoms with Crippen molar-refractivity contribution < 1.29 is 25.2 Å². The average molecular weight is 161 g/mol. The van der Waals surface area contributed by atoms with Crippen LogP contribution in [0.4, 0.5) is 0 Å². The lowest BCUT2D eigenvalue weighted by atomic mass is 10.1. The number of ether oxygens (including phenoxy) is 1. The van der Waals surface area contributed by atoms with E-state index in [1.165, 1.54) is 0 Å². The molecule has 63 valence electrons. The molecule has 0 saturated heterocycles. The fraction of sp³-hybridized carbons (Fsp3) is 0.667. The van der Waals surface area contributed by atoms with E-state index in [2.05, 4.69) is 4.74 Å². The predicted molar refractivity (Wildman–Crippen MR) is 32.7 cm³/mol. The highest BCUT2D eigenvalue weighted by Gasteiger charge is 2.32. The van der Waals surface area contributed by atoms with Crippen molar-refractivity contribution >= 4 is 0 Å². The highest BCUT2D eigenvalue weighted by molar-refractivity contribution is 5.00. The lowest BCUT2D eigenvalue weighted by Crippen LogP contribution is -2.43. The van der Waals surface area contributed by atoms with E-state index in [0.29, 0.717) is 0 Å². The molecule has 0 saturated carbocycles. The third-order valence-electron chi connectivity index (χ3n) is 1.49. The van der Waals surface area contributed by atoms with Crippen molar-refractivity contribution in [3.63, 3.8) is 0 Å². The van der Waals surface area contributed by atoms with Gasteiger partial charge in [-0.25, -0.2) is 5.11 Å². The van der Waals surface area contributed by atoms with E-state index in [0.717, 1.165) is 6.08 Å². The molecule has 1 rings (SSSR count). The Hall–Kier alpha value is -0.780. The Morgan fingerprint density at radius 1 is 1.55 bits per heavy atom. The van der Waals surface area contributed by atoms with Gasteiger partial charge in [-0.2, -0.15) is 0 Å². The van der Waals surface area contributed by atoms with E-state index in [9.17, 15) is 5.11 Å². The summed E-state index contributed by atoms with van der Waals surface area (Å²) in [5.41, 5.74) is 0. The summed E-state index contributed by atoms with van der Waals surface area (Å²) in [7, 11) is 0. The summed E-state index contributed by atoms with van der Waals surface area (Å²) in [4.78, 5) is 0. The molecule has 0 fully saturated rings. The molecular formula is C6H9O5. The van der Waals surface area contributed by atoms with Crippen LogP contribution in [0.5, 0.6) is 0 Å². The van der Waals surface area contributed by atoms with Gasteiger partial charge in [0, 0.05) is 6.08 Å². The molecule has 0 bridgehead atoms. The van der Waals surface area contributed by atoms with Crippen LogP contribution in [0.2, 0.25) is 0 Å². The van der Waals surface area contributed by atoms with Crippen LogP contribution in [0.1, 0.15) is 0 Å². The Balaban J connectivity index is 2.67. The quantitative estimate of drug-likeness (QED) is 0.430. The largest absolute Gasteiger partial charge is 0.454 e. The molecule has 5 heteroatoms. The summed E-state index contributed by atoms with van der Waals surface area (Å²) >= 11 is 0. The molecule has 11 heavy (non-hydrogen) atoms. The fourth-order valence-electron chi connectivity index (χ4n) is 0.861. The monoisotopic (exact) mass is 161 g/mol. The first kappa shape index (κ1) is 8.32. The lowest BCUT2D eigenvalue weighted by molar-refractivity contribution is -0.126. The first-order chi connectivity index (χ1) is 5.15. The Morgan fingerprint density at radius 3 is 2.73 bits per heavy atom. The Morgan fingerprint density at radius 2 is 2.18 bits per heavy atom. The van der Waals surface area contributed by atoms with Crippen LogP contribution < -0.4 is 0 Å². The first-order valence-electron chi connectivity index (χ1n) is 3.17. The Bertz CT molecular complexity index is 166. The second kappa shape index (κ2) is 3.08. The molecule has 0 spiro atoms. The van der Waals surface area contributed by atoms with Crippen molar-refractivity contribution in [2.24, 2.45) is 0 Å². The SMILES string of the molecule is [O]C1=C[C@@H](O)[C@H](O)[C@@H](CO)O1. The van der Waals surface area contributed by atoms with Gasteiger partial charge in [-0.05, 0) is 0 Å². The second-order valence-corrected chi connectivity index (χ2v) is 2.31. The van der Waals surface area contributed by atoms with E-state index in [-0.39, 0.29) is 0 Å². The highest BCUT2D eigenvalue weighted by atomic mass is 16.6. The van der Waals surface area contributed by atoms with Gasteiger partial charge in [0.2, 0.25) is 0 Å². The molecule has 0 aromatic carbocycles. The number of rotatable bonds is 1. The molecule has 1 radical (unpaired) electrons. The maximum absolute atomic E-state index is 10.5. The van der Waals surface area contributed by atoms with Gasteiger partial charge < -0.3 is 20.1 Å². The zero-order valence-electron chi connectivity index (χ0n) is 5.67. The van der Waals surface area contributed by atoms with Gasteiger partial charge in [0.15, 0.2) is 6.10 Å². The molecule has 0 aromatic heterocycles. The first-order valence-corrected chi connectivity index (χ1v) is 3.17. The van der Waals surface area contributed by atoms with Gasteiger partial charge in [-0.15, -0.1) is 0 Å². The molecular weight excluding hydrogens is 152 g/mol. The van der Waals surface area contributed by atoms with Crippen LogP contribution in [0.15, 0.2) is 12.0 Å². The predicted octanol–water partition coefficient (Wildman–Crippen LogP) is -1.63. The van der Waals surface area contributed by atoms with Gasteiger partial charge in [-0.3, -0.25) is 0 Å². The normalized spacial score (nSPS) is 37.7. The van der Waals surface area contributed by atoms with Crippen LogP contribution in [-0.4, -0.2) is 40.2 Å². The van der Waals surface area contributed by atoms with Crippen LogP contribution in [0.3, 0.4) is 0 Å². The molecule has 1 heterocycles. The molecule has 0 aliphatic carbocycles. The van der Waals surface area contributed by atoms with Gasteiger partial charge in [-0.1, -0.05) is 0 Å². The number of aliphatic hydroxyl groups excluding tert-OH is 3. The van der Waals surface area contributed by atoms with Gasteiger partial charge >= 0.3 is 5.95 Å². The molecule has 1 aliphatic heterocycles. The summed E-state index contributed by atoms with van der Waals surface area (Å²) < 4.78 is 4.46. The molecule has 0 unspecified atom stereocenters. The Labute approximate surface area is 63.2 Å². The molecule has 3 atom stereocenters. The molecule has 1 aliphatic rings. The van der Waals surface area contributed by atoms with Crippen molar-refractivity contribution in [1.82, 2.24) is 0 Å². The summed E-state index contributed by atoms with van der Waals surface area (Å²) in [6, 6.07) is 0. The van der Waals surface area contributed by atoms with E-state index in [1.54, 1.807) is 0 Å². The minimum Gasteiger partial charge on any atom is -0.454 e. The van der Waals surface area contributed by atoms with Crippen molar-refractivity contribution in [3.05, 3.63) is 12.0 Å². The van der Waals surface area contributed by atoms with Crippen molar-refractivity contribution in [1.29, 1.82) is 0 Å². The van der Waals surface area contributed by atoms with Crippen molar-refractivity contribution in [2.75, 3.05) is 6.61 Å². The minimum absolute atomic E-state index is 0.488. The minimum atomic E-state index is -1.24. The van der Waals surface area contributed by atoms with Crippen LogP contribution in [-0.2, 0) is 9.84 Å². The third-order valence-corrected chi connectivity index (χ3v) is 1.49.